The van der Waals surface area contributed by atoms with Crippen molar-refractivity contribution in [1.82, 2.24) is 5.32 Å². The highest BCUT2D eigenvalue weighted by atomic mass is 35.5. The Hall–Kier alpha value is -1.17. The van der Waals surface area contributed by atoms with E-state index in [-0.39, 0.29) is 23.0 Å². The number of halogens is 2. The van der Waals surface area contributed by atoms with E-state index in [4.69, 9.17) is 21.1 Å². The molecule has 6 heteroatoms. The van der Waals surface area contributed by atoms with Crippen molar-refractivity contribution in [1.29, 1.82) is 0 Å². The molecule has 0 bridgehead atoms. The Morgan fingerprint density at radius 1 is 1.47 bits per heavy atom. The Kier molecular flexibility index (Phi) is 5.72. The first-order valence-corrected chi connectivity index (χ1v) is 6.07. The maximum atomic E-state index is 12.9. The molecule has 1 aromatic carbocycles. The first kappa shape index (κ1) is 15.9. The summed E-state index contributed by atoms with van der Waals surface area (Å²) in [6.45, 7) is 2.40. The minimum atomic E-state index is -0.628. The lowest BCUT2D eigenvalue weighted by Gasteiger charge is -2.27. The average molecular weight is 290 g/mol. The van der Waals surface area contributed by atoms with Gasteiger partial charge < -0.3 is 14.8 Å². The fourth-order valence-corrected chi connectivity index (χ4v) is 1.78. The standard InChI is InChI=1S/C13H17ClFNO3/c1-13(19-3,8-18-2)7-16-12(17)10-5-4-9(15)6-11(10)14/h4-6H,7-8H2,1-3H3,(H,16,17)/t13-/m0/s1. The molecule has 0 radical (unpaired) electrons. The van der Waals surface area contributed by atoms with Crippen LogP contribution in [0, 0.1) is 5.82 Å². The minimum absolute atomic E-state index is 0.0726. The number of amides is 1. The number of rotatable bonds is 6. The van der Waals surface area contributed by atoms with E-state index in [0.717, 1.165) is 6.07 Å². The summed E-state index contributed by atoms with van der Waals surface area (Å²) in [5.41, 5.74) is -0.407. The highest BCUT2D eigenvalue weighted by Crippen LogP contribution is 2.17. The molecule has 0 unspecified atom stereocenters. The zero-order chi connectivity index (χ0) is 14.5. The molecular weight excluding hydrogens is 273 g/mol. The van der Waals surface area contributed by atoms with Crippen LogP contribution in [0.1, 0.15) is 17.3 Å². The van der Waals surface area contributed by atoms with E-state index in [2.05, 4.69) is 5.32 Å². The van der Waals surface area contributed by atoms with Gasteiger partial charge in [0.25, 0.3) is 5.91 Å². The van der Waals surface area contributed by atoms with Gasteiger partial charge in [0.1, 0.15) is 11.4 Å². The molecule has 1 rings (SSSR count). The summed E-state index contributed by atoms with van der Waals surface area (Å²) in [4.78, 5) is 11.9. The van der Waals surface area contributed by atoms with Crippen molar-refractivity contribution in [2.45, 2.75) is 12.5 Å². The topological polar surface area (TPSA) is 47.6 Å². The van der Waals surface area contributed by atoms with Crippen LogP contribution in [-0.2, 0) is 9.47 Å². The van der Waals surface area contributed by atoms with Gasteiger partial charge in [0.15, 0.2) is 0 Å². The van der Waals surface area contributed by atoms with E-state index >= 15 is 0 Å². The summed E-state index contributed by atoms with van der Waals surface area (Å²) < 4.78 is 23.2. The molecule has 0 saturated heterocycles. The molecule has 1 atom stereocenters. The number of hydrogen-bond acceptors (Lipinski definition) is 3. The number of carbonyl (C=O) groups is 1. The van der Waals surface area contributed by atoms with Crippen LogP contribution in [0.4, 0.5) is 4.39 Å². The van der Waals surface area contributed by atoms with Gasteiger partial charge >= 0.3 is 0 Å². The Morgan fingerprint density at radius 3 is 2.68 bits per heavy atom. The zero-order valence-electron chi connectivity index (χ0n) is 11.1. The lowest BCUT2D eigenvalue weighted by Crippen LogP contribution is -2.45. The van der Waals surface area contributed by atoms with Gasteiger partial charge in [0, 0.05) is 20.8 Å². The van der Waals surface area contributed by atoms with Crippen LogP contribution in [-0.4, -0.2) is 38.9 Å². The van der Waals surface area contributed by atoms with Gasteiger partial charge in [0.05, 0.1) is 17.2 Å². The van der Waals surface area contributed by atoms with Gasteiger partial charge in [-0.2, -0.15) is 0 Å². The summed E-state index contributed by atoms with van der Waals surface area (Å²) in [6.07, 6.45) is 0. The SMILES string of the molecule is COC[C@](C)(CNC(=O)c1ccc(F)cc1Cl)OC. The van der Waals surface area contributed by atoms with Crippen LogP contribution >= 0.6 is 11.6 Å². The maximum Gasteiger partial charge on any atom is 0.252 e. The first-order valence-electron chi connectivity index (χ1n) is 5.69. The van der Waals surface area contributed by atoms with Crippen molar-refractivity contribution in [2.24, 2.45) is 0 Å². The van der Waals surface area contributed by atoms with Gasteiger partial charge in [-0.3, -0.25) is 4.79 Å². The number of hydrogen-bond donors (Lipinski definition) is 1. The molecular formula is C13H17ClFNO3. The molecule has 106 valence electrons. The Morgan fingerprint density at radius 2 is 2.16 bits per heavy atom. The Bertz CT molecular complexity index is 456. The number of methoxy groups -OCH3 is 2. The number of nitrogens with one attached hydrogen (secondary N) is 1. The average Bonchev–Trinajstić information content (AvgIpc) is 2.36. The van der Waals surface area contributed by atoms with Gasteiger partial charge in [0.2, 0.25) is 0 Å². The van der Waals surface area contributed by atoms with Gasteiger partial charge in [-0.15, -0.1) is 0 Å². The van der Waals surface area contributed by atoms with E-state index in [0.29, 0.717) is 6.61 Å². The second-order valence-corrected chi connectivity index (χ2v) is 4.80. The molecule has 4 nitrogen and oxygen atoms in total. The monoisotopic (exact) mass is 289 g/mol. The van der Waals surface area contributed by atoms with E-state index in [1.54, 1.807) is 7.11 Å². The highest BCUT2D eigenvalue weighted by Gasteiger charge is 2.25. The largest absolute Gasteiger partial charge is 0.382 e. The number of ether oxygens (including phenoxy) is 2. The zero-order valence-corrected chi connectivity index (χ0v) is 11.9. The number of benzene rings is 1. The molecule has 0 spiro atoms. The summed E-state index contributed by atoms with van der Waals surface area (Å²) in [6, 6.07) is 3.63. The fourth-order valence-electron chi connectivity index (χ4n) is 1.52. The van der Waals surface area contributed by atoms with Crippen LogP contribution in [0.25, 0.3) is 0 Å². The van der Waals surface area contributed by atoms with Gasteiger partial charge in [-0.05, 0) is 25.1 Å². The smallest absolute Gasteiger partial charge is 0.252 e. The quantitative estimate of drug-likeness (QED) is 0.874. The van der Waals surface area contributed by atoms with Crippen molar-refractivity contribution < 1.29 is 18.7 Å². The Balaban J connectivity index is 2.69. The predicted octanol–water partition coefficient (Wildman–Crippen LogP) is 2.26. The van der Waals surface area contributed by atoms with Crippen molar-refractivity contribution in [3.8, 4) is 0 Å². The molecule has 0 aliphatic heterocycles. The molecule has 19 heavy (non-hydrogen) atoms. The van der Waals surface area contributed by atoms with E-state index in [9.17, 15) is 9.18 Å². The summed E-state index contributed by atoms with van der Waals surface area (Å²) in [5.74, 6) is -0.868. The molecule has 1 amide bonds. The lowest BCUT2D eigenvalue weighted by molar-refractivity contribution is -0.0479. The van der Waals surface area contributed by atoms with Crippen LogP contribution in [0.5, 0.6) is 0 Å². The van der Waals surface area contributed by atoms with E-state index in [1.807, 2.05) is 6.92 Å². The van der Waals surface area contributed by atoms with Crippen LogP contribution in [0.3, 0.4) is 0 Å². The summed E-state index contributed by atoms with van der Waals surface area (Å²) in [7, 11) is 3.09. The van der Waals surface area contributed by atoms with Crippen molar-refractivity contribution >= 4 is 17.5 Å². The minimum Gasteiger partial charge on any atom is -0.382 e. The fraction of sp³-hybridized carbons (Fsp3) is 0.462. The van der Waals surface area contributed by atoms with Crippen molar-refractivity contribution in [3.05, 3.63) is 34.6 Å². The second-order valence-electron chi connectivity index (χ2n) is 4.39. The molecule has 0 saturated carbocycles. The molecule has 0 aromatic heterocycles. The molecule has 1 N–H and O–H groups in total. The van der Waals surface area contributed by atoms with Crippen LogP contribution in [0.15, 0.2) is 18.2 Å². The third-order valence-electron chi connectivity index (χ3n) is 2.74. The van der Waals surface area contributed by atoms with Crippen LogP contribution < -0.4 is 5.32 Å². The predicted molar refractivity (Wildman–Crippen MR) is 71.0 cm³/mol. The van der Waals surface area contributed by atoms with Crippen molar-refractivity contribution in [2.75, 3.05) is 27.4 Å². The first-order chi connectivity index (χ1) is 8.91. The maximum absolute atomic E-state index is 12.9. The third-order valence-corrected chi connectivity index (χ3v) is 3.05. The van der Waals surface area contributed by atoms with E-state index in [1.165, 1.54) is 19.2 Å². The molecule has 0 aliphatic rings. The van der Waals surface area contributed by atoms with Crippen LogP contribution in [0.2, 0.25) is 5.02 Å². The Labute approximate surface area is 116 Å². The van der Waals surface area contributed by atoms with Crippen molar-refractivity contribution in [3.63, 3.8) is 0 Å². The number of carbonyl (C=O) groups excluding carboxylic acids is 1. The molecule has 0 aliphatic carbocycles. The van der Waals surface area contributed by atoms with Gasteiger partial charge in [-0.25, -0.2) is 4.39 Å². The third kappa shape index (κ3) is 4.45. The molecule has 0 heterocycles. The lowest BCUT2D eigenvalue weighted by atomic mass is 10.1. The van der Waals surface area contributed by atoms with E-state index < -0.39 is 11.4 Å². The molecule has 0 fully saturated rings. The van der Waals surface area contributed by atoms with Gasteiger partial charge in [-0.1, -0.05) is 11.6 Å². The highest BCUT2D eigenvalue weighted by molar-refractivity contribution is 6.33. The molecule has 1 aromatic rings. The summed E-state index contributed by atoms with van der Waals surface area (Å²) >= 11 is 5.81. The normalized spacial score (nSPS) is 13.9. The summed E-state index contributed by atoms with van der Waals surface area (Å²) in [5, 5.41) is 2.76. The second kappa shape index (κ2) is 6.84.